The molecular formula is C10H16ClN3O3S. The van der Waals surface area contributed by atoms with Crippen LogP contribution in [0.1, 0.15) is 45.0 Å². The molecule has 1 saturated carbocycles. The molecule has 18 heavy (non-hydrogen) atoms. The molecule has 1 aliphatic rings. The number of aromatic nitrogens is 3. The summed E-state index contributed by atoms with van der Waals surface area (Å²) in [6, 6.07) is 0.111. The average molecular weight is 294 g/mol. The Kier molecular flexibility index (Phi) is 3.42. The summed E-state index contributed by atoms with van der Waals surface area (Å²) in [7, 11) is 3.08. The number of nitrogens with zero attached hydrogens (tertiary/aromatic N) is 3. The van der Waals surface area contributed by atoms with Gasteiger partial charge in [0.25, 0.3) is 14.2 Å². The molecule has 0 amide bonds. The Balaban J connectivity index is 2.59. The van der Waals surface area contributed by atoms with E-state index in [4.69, 9.17) is 15.4 Å². The predicted octanol–water partition coefficient (Wildman–Crippen LogP) is 1.81. The monoisotopic (exact) mass is 293 g/mol. The van der Waals surface area contributed by atoms with Gasteiger partial charge in [0.05, 0.1) is 0 Å². The fourth-order valence-corrected chi connectivity index (χ4v) is 2.78. The molecule has 0 aromatic carbocycles. The zero-order valence-electron chi connectivity index (χ0n) is 10.6. The highest BCUT2D eigenvalue weighted by atomic mass is 35.7. The number of ether oxygens (including phenoxy) is 1. The van der Waals surface area contributed by atoms with Gasteiger partial charge in [-0.2, -0.15) is 0 Å². The minimum absolute atomic E-state index is 0.111. The zero-order valence-corrected chi connectivity index (χ0v) is 12.1. The fraction of sp³-hybridized carbons (Fsp3) is 0.800. The van der Waals surface area contributed by atoms with E-state index in [1.807, 2.05) is 13.8 Å². The van der Waals surface area contributed by atoms with Crippen LogP contribution in [0.5, 0.6) is 0 Å². The summed E-state index contributed by atoms with van der Waals surface area (Å²) in [5, 5.41) is 7.52. The smallest absolute Gasteiger partial charge is 0.296 e. The van der Waals surface area contributed by atoms with Gasteiger partial charge in [0.15, 0.2) is 5.82 Å². The molecule has 1 aliphatic carbocycles. The van der Waals surface area contributed by atoms with E-state index in [-0.39, 0.29) is 11.2 Å². The molecule has 0 saturated heterocycles. The lowest BCUT2D eigenvalue weighted by molar-refractivity contribution is -0.0125. The van der Waals surface area contributed by atoms with Gasteiger partial charge in [0.2, 0.25) is 0 Å². The highest BCUT2D eigenvalue weighted by Gasteiger charge is 2.40. The van der Waals surface area contributed by atoms with Crippen molar-refractivity contribution in [2.75, 3.05) is 7.11 Å². The molecule has 0 bridgehead atoms. The van der Waals surface area contributed by atoms with Gasteiger partial charge >= 0.3 is 0 Å². The summed E-state index contributed by atoms with van der Waals surface area (Å²) in [6.07, 6.45) is 2.48. The van der Waals surface area contributed by atoms with E-state index in [0.29, 0.717) is 12.2 Å². The molecule has 6 nitrogen and oxygen atoms in total. The van der Waals surface area contributed by atoms with E-state index in [0.717, 1.165) is 12.8 Å². The van der Waals surface area contributed by atoms with Crippen LogP contribution in [0, 0.1) is 0 Å². The van der Waals surface area contributed by atoms with Gasteiger partial charge in [0, 0.05) is 23.8 Å². The van der Waals surface area contributed by atoms with Crippen LogP contribution in [0.25, 0.3) is 0 Å². The lowest BCUT2D eigenvalue weighted by Crippen LogP contribution is -2.28. The largest absolute Gasteiger partial charge is 0.371 e. The minimum Gasteiger partial charge on any atom is -0.371 e. The van der Waals surface area contributed by atoms with Crippen molar-refractivity contribution in [2.24, 2.45) is 0 Å². The van der Waals surface area contributed by atoms with E-state index in [9.17, 15) is 8.42 Å². The third kappa shape index (κ3) is 2.26. The highest BCUT2D eigenvalue weighted by molar-refractivity contribution is 8.13. The van der Waals surface area contributed by atoms with E-state index in [1.54, 1.807) is 11.7 Å². The third-order valence-corrected chi connectivity index (χ3v) is 4.52. The van der Waals surface area contributed by atoms with Crippen LogP contribution in [-0.4, -0.2) is 30.3 Å². The summed E-state index contributed by atoms with van der Waals surface area (Å²) in [5.41, 5.74) is -0.657. The second-order valence-electron chi connectivity index (χ2n) is 4.63. The normalized spacial score (nSPS) is 19.8. The minimum atomic E-state index is -3.89. The van der Waals surface area contributed by atoms with Crippen LogP contribution >= 0.6 is 10.7 Å². The van der Waals surface area contributed by atoms with Crippen molar-refractivity contribution >= 4 is 19.7 Å². The summed E-state index contributed by atoms with van der Waals surface area (Å²) in [5.74, 6) is 0.522. The Morgan fingerprint density at radius 2 is 2.11 bits per heavy atom. The number of hydrogen-bond donors (Lipinski definition) is 0. The van der Waals surface area contributed by atoms with Gasteiger partial charge in [-0.15, -0.1) is 10.2 Å². The van der Waals surface area contributed by atoms with E-state index < -0.39 is 14.7 Å². The van der Waals surface area contributed by atoms with Gasteiger partial charge in [0.1, 0.15) is 5.60 Å². The molecule has 2 rings (SSSR count). The lowest BCUT2D eigenvalue weighted by Gasteiger charge is -2.26. The van der Waals surface area contributed by atoms with Gasteiger partial charge in [-0.05, 0) is 26.2 Å². The zero-order chi connectivity index (χ0) is 13.6. The van der Waals surface area contributed by atoms with Crippen LogP contribution in [-0.2, 0) is 19.4 Å². The summed E-state index contributed by atoms with van der Waals surface area (Å²) < 4.78 is 30.1. The maximum absolute atomic E-state index is 11.5. The van der Waals surface area contributed by atoms with Crippen molar-refractivity contribution in [1.29, 1.82) is 0 Å². The Morgan fingerprint density at radius 3 is 2.50 bits per heavy atom. The average Bonchev–Trinajstić information content (AvgIpc) is 3.05. The van der Waals surface area contributed by atoms with Crippen molar-refractivity contribution in [3.05, 3.63) is 5.82 Å². The van der Waals surface area contributed by atoms with Crippen LogP contribution < -0.4 is 0 Å². The maximum Gasteiger partial charge on any atom is 0.296 e. The molecule has 1 fully saturated rings. The first-order chi connectivity index (χ1) is 8.33. The fourth-order valence-electron chi connectivity index (χ4n) is 1.86. The van der Waals surface area contributed by atoms with Crippen molar-refractivity contribution in [2.45, 2.75) is 49.9 Å². The van der Waals surface area contributed by atoms with E-state index >= 15 is 0 Å². The molecular weight excluding hydrogens is 278 g/mol. The maximum atomic E-state index is 11.5. The first-order valence-electron chi connectivity index (χ1n) is 5.78. The van der Waals surface area contributed by atoms with Gasteiger partial charge in [-0.25, -0.2) is 8.42 Å². The van der Waals surface area contributed by atoms with Crippen LogP contribution in [0.2, 0.25) is 0 Å². The number of halogens is 1. The van der Waals surface area contributed by atoms with Crippen molar-refractivity contribution in [3.8, 4) is 0 Å². The Labute approximate surface area is 111 Å². The van der Waals surface area contributed by atoms with Crippen molar-refractivity contribution in [1.82, 2.24) is 14.8 Å². The lowest BCUT2D eigenvalue weighted by atomic mass is 10.0. The Morgan fingerprint density at radius 1 is 1.50 bits per heavy atom. The van der Waals surface area contributed by atoms with Gasteiger partial charge in [-0.3, -0.25) is 4.57 Å². The predicted molar refractivity (Wildman–Crippen MR) is 66.0 cm³/mol. The molecule has 1 unspecified atom stereocenters. The topological polar surface area (TPSA) is 74.1 Å². The summed E-state index contributed by atoms with van der Waals surface area (Å²) in [4.78, 5) is 0. The molecule has 1 atom stereocenters. The molecule has 1 aromatic rings. The molecule has 1 aromatic heterocycles. The second-order valence-corrected chi connectivity index (χ2v) is 7.09. The molecule has 102 valence electrons. The van der Waals surface area contributed by atoms with Crippen molar-refractivity contribution < 1.29 is 13.2 Å². The second kappa shape index (κ2) is 4.47. The first-order valence-corrected chi connectivity index (χ1v) is 8.09. The van der Waals surface area contributed by atoms with Crippen molar-refractivity contribution in [3.63, 3.8) is 0 Å². The van der Waals surface area contributed by atoms with Gasteiger partial charge in [-0.1, -0.05) is 6.92 Å². The number of hydrogen-bond acceptors (Lipinski definition) is 5. The number of methoxy groups -OCH3 is 1. The van der Waals surface area contributed by atoms with E-state index in [2.05, 4.69) is 10.2 Å². The molecule has 0 aliphatic heterocycles. The first kappa shape index (κ1) is 13.8. The highest BCUT2D eigenvalue weighted by Crippen LogP contribution is 2.41. The van der Waals surface area contributed by atoms with E-state index in [1.165, 1.54) is 0 Å². The van der Waals surface area contributed by atoms with Crippen LogP contribution in [0.4, 0.5) is 0 Å². The summed E-state index contributed by atoms with van der Waals surface area (Å²) in [6.45, 7) is 3.81. The molecule has 8 heteroatoms. The summed E-state index contributed by atoms with van der Waals surface area (Å²) >= 11 is 0. The SMILES string of the molecule is CCC(C)(OC)c1nnc(S(=O)(=O)Cl)n1C1CC1. The quantitative estimate of drug-likeness (QED) is 0.774. The third-order valence-electron chi connectivity index (χ3n) is 3.39. The standard InChI is InChI=1S/C10H16ClN3O3S/c1-4-10(2,17-3)8-12-13-9(18(11,15)16)14(8)7-5-6-7/h7H,4-6H2,1-3H3. The number of rotatable bonds is 5. The molecule has 0 N–H and O–H groups in total. The molecule has 1 heterocycles. The molecule has 0 radical (unpaired) electrons. The Bertz CT molecular complexity index is 547. The van der Waals surface area contributed by atoms with Gasteiger partial charge < -0.3 is 4.74 Å². The van der Waals surface area contributed by atoms with Crippen LogP contribution in [0.3, 0.4) is 0 Å². The van der Waals surface area contributed by atoms with Crippen LogP contribution in [0.15, 0.2) is 5.16 Å². The Hall–Kier alpha value is -0.660. The molecule has 0 spiro atoms.